The molecule has 0 atom stereocenters. The zero-order valence-corrected chi connectivity index (χ0v) is 14.1. The molecule has 4 nitrogen and oxygen atoms in total. The van der Waals surface area contributed by atoms with Crippen molar-refractivity contribution in [3.8, 4) is 0 Å². The van der Waals surface area contributed by atoms with Gasteiger partial charge in [-0.15, -0.1) is 0 Å². The highest BCUT2D eigenvalue weighted by molar-refractivity contribution is 7.26. The highest BCUT2D eigenvalue weighted by atomic mass is 31.1. The number of benzene rings is 2. The lowest BCUT2D eigenvalue weighted by Crippen LogP contribution is -2.15. The molecule has 0 heterocycles. The maximum Gasteiger partial charge on any atom is 0.234 e. The van der Waals surface area contributed by atoms with Crippen LogP contribution in [0.3, 0.4) is 0 Å². The van der Waals surface area contributed by atoms with Gasteiger partial charge in [0.15, 0.2) is 9.03 Å². The fourth-order valence-electron chi connectivity index (χ4n) is 1.81. The molecule has 0 unspecified atom stereocenters. The van der Waals surface area contributed by atoms with Crippen LogP contribution in [0.15, 0.2) is 61.2 Å². The Bertz CT molecular complexity index is 651. The third-order valence-corrected chi connectivity index (χ3v) is 3.17. The minimum atomic E-state index is -0.503. The van der Waals surface area contributed by atoms with Gasteiger partial charge < -0.3 is 9.05 Å². The maximum atomic E-state index is 12.1. The van der Waals surface area contributed by atoms with E-state index in [4.69, 9.17) is 0 Å². The van der Waals surface area contributed by atoms with E-state index in [1.807, 2.05) is 0 Å². The van der Waals surface area contributed by atoms with Crippen molar-refractivity contribution in [2.75, 3.05) is 14.2 Å². The smallest absolute Gasteiger partial charge is 0.234 e. The summed E-state index contributed by atoms with van der Waals surface area (Å²) in [6.45, 7) is 3.64. The van der Waals surface area contributed by atoms with Crippen molar-refractivity contribution >= 4 is 26.7 Å². The second-order valence-corrected chi connectivity index (χ2v) is 5.29. The van der Waals surface area contributed by atoms with E-state index in [2.05, 4.69) is 15.6 Å². The quantitative estimate of drug-likeness (QED) is 0.453. The highest BCUT2D eigenvalue weighted by Crippen LogP contribution is 2.14. The van der Waals surface area contributed by atoms with Crippen LogP contribution in [-0.4, -0.2) is 25.8 Å². The number of Topliss-reactive ketones (excluding diaryl/α,β-unsaturated/α-hetero) is 2. The topological polar surface area (TPSA) is 52.6 Å². The molecule has 23 heavy (non-hydrogen) atoms. The van der Waals surface area contributed by atoms with E-state index in [0.29, 0.717) is 16.7 Å². The molecule has 0 aliphatic carbocycles. The minimum Gasteiger partial charge on any atom is -0.340 e. The van der Waals surface area contributed by atoms with Crippen LogP contribution in [0.1, 0.15) is 26.3 Å². The molecule has 0 bridgehead atoms. The molecular formula is C18H19O4P. The molecule has 120 valence electrons. The fourth-order valence-corrected chi connectivity index (χ4v) is 1.97. The SMILES string of the molecule is C=Cc1ccccc1C(=O)C(=O)c1ccccc1.COPOC. The monoisotopic (exact) mass is 330 g/mol. The first-order valence-electron chi connectivity index (χ1n) is 6.82. The Kier molecular flexibility index (Phi) is 8.70. The molecule has 0 saturated carbocycles. The van der Waals surface area contributed by atoms with Gasteiger partial charge in [0, 0.05) is 25.3 Å². The average Bonchev–Trinajstić information content (AvgIpc) is 2.62. The molecule has 2 aromatic rings. The first-order valence-corrected chi connectivity index (χ1v) is 7.63. The Morgan fingerprint density at radius 2 is 1.48 bits per heavy atom. The lowest BCUT2D eigenvalue weighted by molar-refractivity contribution is 0.0817. The van der Waals surface area contributed by atoms with Gasteiger partial charge in [-0.3, -0.25) is 9.59 Å². The highest BCUT2D eigenvalue weighted by Gasteiger charge is 2.19. The Labute approximate surface area is 138 Å². The van der Waals surface area contributed by atoms with E-state index in [1.54, 1.807) is 74.9 Å². The zero-order valence-electron chi connectivity index (χ0n) is 13.1. The van der Waals surface area contributed by atoms with Gasteiger partial charge >= 0.3 is 0 Å². The summed E-state index contributed by atoms with van der Waals surface area (Å²) in [5, 5.41) is 0. The van der Waals surface area contributed by atoms with Crippen molar-refractivity contribution in [1.29, 1.82) is 0 Å². The van der Waals surface area contributed by atoms with Gasteiger partial charge in [0.2, 0.25) is 11.6 Å². The Morgan fingerprint density at radius 1 is 0.913 bits per heavy atom. The molecule has 0 amide bonds. The predicted octanol–water partition coefficient (Wildman–Crippen LogP) is 4.18. The molecule has 2 rings (SSSR count). The van der Waals surface area contributed by atoms with Gasteiger partial charge in [-0.1, -0.05) is 67.3 Å². The largest absolute Gasteiger partial charge is 0.340 e. The molecule has 5 heteroatoms. The summed E-state index contributed by atoms with van der Waals surface area (Å²) in [7, 11) is 3.40. The number of hydrogen-bond acceptors (Lipinski definition) is 4. The average molecular weight is 330 g/mol. The summed E-state index contributed by atoms with van der Waals surface area (Å²) in [6, 6.07) is 15.5. The van der Waals surface area contributed by atoms with Crippen LogP contribution < -0.4 is 0 Å². The number of rotatable bonds is 6. The van der Waals surface area contributed by atoms with Crippen molar-refractivity contribution in [3.05, 3.63) is 77.9 Å². The van der Waals surface area contributed by atoms with Gasteiger partial charge in [0.25, 0.3) is 0 Å². The van der Waals surface area contributed by atoms with Gasteiger partial charge in [0.05, 0.1) is 0 Å². The van der Waals surface area contributed by atoms with Crippen molar-refractivity contribution in [2.24, 2.45) is 0 Å². The van der Waals surface area contributed by atoms with Crippen molar-refractivity contribution in [2.45, 2.75) is 0 Å². The second-order valence-electron chi connectivity index (χ2n) is 4.31. The van der Waals surface area contributed by atoms with Gasteiger partial charge in [-0.2, -0.15) is 0 Å². The zero-order chi connectivity index (χ0) is 17.1. The van der Waals surface area contributed by atoms with E-state index in [-0.39, 0.29) is 9.03 Å². The molecule has 2 aromatic carbocycles. The van der Waals surface area contributed by atoms with Crippen molar-refractivity contribution < 1.29 is 18.6 Å². The van der Waals surface area contributed by atoms with Crippen LogP contribution in [0.5, 0.6) is 0 Å². The standard InChI is InChI=1S/C16H12O2.C2H7O2P/c1-2-12-8-6-7-11-14(12)16(18)15(17)13-9-4-3-5-10-13;1-3-5-4-2/h2-11H,1H2;5H,1-2H3. The molecule has 0 saturated heterocycles. The molecule has 0 N–H and O–H groups in total. The second kappa shape index (κ2) is 10.6. The van der Waals surface area contributed by atoms with E-state index in [9.17, 15) is 9.59 Å². The number of carbonyl (C=O) groups is 2. The summed E-state index contributed by atoms with van der Waals surface area (Å²) >= 11 is 0. The molecule has 0 fully saturated rings. The normalized spacial score (nSPS) is 9.48. The lowest BCUT2D eigenvalue weighted by Gasteiger charge is -2.04. The third-order valence-electron chi connectivity index (χ3n) is 2.83. The third kappa shape index (κ3) is 5.87. The summed E-state index contributed by atoms with van der Waals surface area (Å²) < 4.78 is 8.99. The number of ketones is 2. The number of carbonyl (C=O) groups excluding carboxylic acids is 2. The Balaban J connectivity index is 0.000000463. The van der Waals surface area contributed by atoms with Crippen LogP contribution in [0.2, 0.25) is 0 Å². The minimum absolute atomic E-state index is 0.198. The first kappa shape index (κ1) is 18.9. The van der Waals surface area contributed by atoms with Crippen molar-refractivity contribution in [1.82, 2.24) is 0 Å². The molecular weight excluding hydrogens is 311 g/mol. The van der Waals surface area contributed by atoms with Gasteiger partial charge in [-0.25, -0.2) is 0 Å². The van der Waals surface area contributed by atoms with E-state index < -0.39 is 11.6 Å². The van der Waals surface area contributed by atoms with Gasteiger partial charge in [-0.05, 0) is 5.56 Å². The summed E-state index contributed by atoms with van der Waals surface area (Å²) in [5.41, 5.74) is 1.47. The van der Waals surface area contributed by atoms with Gasteiger partial charge in [0.1, 0.15) is 0 Å². The van der Waals surface area contributed by atoms with Crippen LogP contribution in [0.4, 0.5) is 0 Å². The number of hydrogen-bond donors (Lipinski definition) is 0. The Hall–Kier alpha value is -2.13. The summed E-state index contributed by atoms with van der Waals surface area (Å²) in [4.78, 5) is 24.2. The predicted molar refractivity (Wildman–Crippen MR) is 94.0 cm³/mol. The fraction of sp³-hybridized carbons (Fsp3) is 0.111. The van der Waals surface area contributed by atoms with Crippen LogP contribution in [-0.2, 0) is 9.05 Å². The summed E-state index contributed by atoms with van der Waals surface area (Å²) in [6.07, 6.45) is 1.57. The van der Waals surface area contributed by atoms with E-state index in [0.717, 1.165) is 0 Å². The maximum absolute atomic E-state index is 12.1. The molecule has 0 spiro atoms. The van der Waals surface area contributed by atoms with Crippen LogP contribution >= 0.6 is 9.03 Å². The molecule has 0 aliphatic rings. The van der Waals surface area contributed by atoms with Crippen molar-refractivity contribution in [3.63, 3.8) is 0 Å². The first-order chi connectivity index (χ1) is 11.2. The van der Waals surface area contributed by atoms with E-state index >= 15 is 0 Å². The molecule has 0 radical (unpaired) electrons. The summed E-state index contributed by atoms with van der Waals surface area (Å²) in [5.74, 6) is -0.999. The lowest BCUT2D eigenvalue weighted by atomic mass is 9.97. The van der Waals surface area contributed by atoms with Crippen LogP contribution in [0, 0.1) is 0 Å². The molecule has 0 aliphatic heterocycles. The molecule has 0 aromatic heterocycles. The van der Waals surface area contributed by atoms with Crippen LogP contribution in [0.25, 0.3) is 6.08 Å². The van der Waals surface area contributed by atoms with E-state index in [1.165, 1.54) is 0 Å². The Morgan fingerprint density at radius 3 is 2.00 bits per heavy atom.